The van der Waals surface area contributed by atoms with Gasteiger partial charge in [-0.15, -0.1) is 34.4 Å². The van der Waals surface area contributed by atoms with E-state index in [4.69, 9.17) is 0 Å². The Hall–Kier alpha value is -5.89. The minimum atomic E-state index is -0.688. The number of thiophene rings is 1. The molecule has 0 saturated heterocycles. The molecule has 50 heavy (non-hydrogen) atoms. The molecular weight excluding hydrogens is 691 g/mol. The van der Waals surface area contributed by atoms with Crippen LogP contribution < -0.4 is 16.0 Å². The van der Waals surface area contributed by atoms with Gasteiger partial charge in [0.1, 0.15) is 10.9 Å². The fraction of sp³-hybridized carbons (Fsp3) is 0.0270. The van der Waals surface area contributed by atoms with Gasteiger partial charge in [-0.25, -0.2) is 4.98 Å². The minimum Gasteiger partial charge on any atom is -0.321 e. The van der Waals surface area contributed by atoms with Gasteiger partial charge in [-0.1, -0.05) is 72.8 Å². The lowest BCUT2D eigenvalue weighted by molar-refractivity contribution is -0.384. The molecule has 0 fully saturated rings. The number of amides is 3. The summed E-state index contributed by atoms with van der Waals surface area (Å²) < 4.78 is 0. The lowest BCUT2D eigenvalue weighted by atomic mass is 10.1. The van der Waals surface area contributed by atoms with Crippen molar-refractivity contribution in [2.45, 2.75) is 10.1 Å². The lowest BCUT2D eigenvalue weighted by Crippen LogP contribution is -2.30. The van der Waals surface area contributed by atoms with Crippen LogP contribution in [0, 0.1) is 10.1 Å². The van der Waals surface area contributed by atoms with Gasteiger partial charge in [0.25, 0.3) is 17.5 Å². The molecule has 0 aliphatic carbocycles. The van der Waals surface area contributed by atoms with E-state index in [1.807, 2.05) is 53.9 Å². The number of thioether (sulfide) groups is 1. The molecule has 0 saturated carbocycles. The average Bonchev–Trinajstić information content (AvgIpc) is 3.84. The van der Waals surface area contributed by atoms with E-state index >= 15 is 0 Å². The van der Waals surface area contributed by atoms with Gasteiger partial charge < -0.3 is 16.0 Å². The third-order valence-corrected chi connectivity index (χ3v) is 9.96. The summed E-state index contributed by atoms with van der Waals surface area (Å²) in [7, 11) is 0. The molecule has 0 bridgehead atoms. The highest BCUT2D eigenvalue weighted by Gasteiger charge is 2.24. The molecule has 6 aromatic rings. The van der Waals surface area contributed by atoms with Crippen LogP contribution in [-0.2, 0) is 9.59 Å². The van der Waals surface area contributed by atoms with E-state index in [1.165, 1.54) is 46.6 Å². The first-order valence-electron chi connectivity index (χ1n) is 15.1. The van der Waals surface area contributed by atoms with Crippen LogP contribution in [0.3, 0.4) is 0 Å². The van der Waals surface area contributed by atoms with Crippen LogP contribution in [0.4, 0.5) is 16.5 Å². The predicted molar refractivity (Wildman–Crippen MR) is 199 cm³/mol. The smallest absolute Gasteiger partial charge is 0.272 e. The number of nitro groups is 1. The molecule has 2 aromatic heterocycles. The Bertz CT molecular complexity index is 2170. The number of non-ortho nitro benzene ring substituents is 1. The van der Waals surface area contributed by atoms with E-state index in [2.05, 4.69) is 20.9 Å². The number of nitrogens with one attached hydrogen (secondary N) is 3. The zero-order valence-corrected chi connectivity index (χ0v) is 28.5. The quantitative estimate of drug-likeness (QED) is 0.0498. The fourth-order valence-electron chi connectivity index (χ4n) is 4.75. The van der Waals surface area contributed by atoms with Gasteiger partial charge in [0.15, 0.2) is 5.13 Å². The second-order valence-corrected chi connectivity index (χ2v) is 13.6. The maximum atomic E-state index is 13.8. The van der Waals surface area contributed by atoms with Crippen molar-refractivity contribution < 1.29 is 19.3 Å². The van der Waals surface area contributed by atoms with Crippen molar-refractivity contribution in [3.8, 4) is 11.3 Å². The Labute approximate surface area is 299 Å². The normalized spacial score (nSPS) is 11.7. The van der Waals surface area contributed by atoms with Gasteiger partial charge in [-0.3, -0.25) is 24.5 Å². The average molecular weight is 718 g/mol. The van der Waals surface area contributed by atoms with Crippen molar-refractivity contribution in [1.29, 1.82) is 0 Å². The first-order chi connectivity index (χ1) is 24.3. The Morgan fingerprint density at radius 1 is 0.820 bits per heavy atom. The first kappa shape index (κ1) is 34.0. The Balaban J connectivity index is 1.19. The maximum absolute atomic E-state index is 13.8. The number of hydrogen-bond acceptors (Lipinski definition) is 9. The number of benzene rings is 4. The van der Waals surface area contributed by atoms with Crippen LogP contribution in [0.15, 0.2) is 143 Å². The highest BCUT2D eigenvalue weighted by Crippen LogP contribution is 2.38. The molecule has 13 heteroatoms. The van der Waals surface area contributed by atoms with Crippen molar-refractivity contribution in [3.63, 3.8) is 0 Å². The summed E-state index contributed by atoms with van der Waals surface area (Å²) in [4.78, 5) is 57.0. The molecule has 1 unspecified atom stereocenters. The molecule has 0 radical (unpaired) electrons. The van der Waals surface area contributed by atoms with Crippen LogP contribution in [0.2, 0.25) is 0 Å². The number of nitro benzene ring substituents is 1. The van der Waals surface area contributed by atoms with E-state index in [-0.39, 0.29) is 17.3 Å². The Morgan fingerprint density at radius 2 is 1.58 bits per heavy atom. The van der Waals surface area contributed by atoms with Crippen LogP contribution in [-0.4, -0.2) is 27.6 Å². The van der Waals surface area contributed by atoms with Crippen LogP contribution >= 0.6 is 34.4 Å². The second-order valence-electron chi connectivity index (χ2n) is 10.6. The van der Waals surface area contributed by atoms with E-state index in [0.717, 1.165) is 10.4 Å². The second kappa shape index (κ2) is 16.0. The van der Waals surface area contributed by atoms with Gasteiger partial charge in [-0.05, 0) is 53.4 Å². The number of carbonyl (C=O) groups is 3. The zero-order valence-electron chi connectivity index (χ0n) is 26.0. The molecule has 2 heterocycles. The van der Waals surface area contributed by atoms with Gasteiger partial charge in [-0.2, -0.15) is 0 Å². The number of carbonyl (C=O) groups excluding carboxylic acids is 3. The molecule has 10 nitrogen and oxygen atoms in total. The van der Waals surface area contributed by atoms with Crippen LogP contribution in [0.25, 0.3) is 17.3 Å². The van der Waals surface area contributed by atoms with E-state index < -0.39 is 22.0 Å². The number of thiazole rings is 1. The molecule has 0 spiro atoms. The number of anilines is 2. The summed E-state index contributed by atoms with van der Waals surface area (Å²) in [5.74, 6) is -1.24. The van der Waals surface area contributed by atoms with Crippen molar-refractivity contribution in [1.82, 2.24) is 10.3 Å². The molecule has 0 aliphatic heterocycles. The van der Waals surface area contributed by atoms with E-state index in [0.29, 0.717) is 32.5 Å². The summed E-state index contributed by atoms with van der Waals surface area (Å²) in [5, 5.41) is 23.0. The van der Waals surface area contributed by atoms with E-state index in [1.54, 1.807) is 72.1 Å². The number of hydrogen-bond donors (Lipinski definition) is 3. The van der Waals surface area contributed by atoms with Crippen LogP contribution in [0.5, 0.6) is 0 Å². The Morgan fingerprint density at radius 3 is 2.32 bits per heavy atom. The summed E-state index contributed by atoms with van der Waals surface area (Å²) in [6.07, 6.45) is 1.62. The van der Waals surface area contributed by atoms with Crippen molar-refractivity contribution in [3.05, 3.63) is 164 Å². The summed E-state index contributed by atoms with van der Waals surface area (Å²) in [5.41, 5.74) is 2.75. The SMILES string of the molecule is O=C(Nc1cccc(SC(C(=O)Nc2nc(-c3cccc([N+](=O)[O-])c3)cs2)c2ccccc2)c1)/C(=C/c1cccs1)NC(=O)c1ccccc1. The highest BCUT2D eigenvalue weighted by atomic mass is 32.2. The largest absolute Gasteiger partial charge is 0.321 e. The van der Waals surface area contributed by atoms with Gasteiger partial charge in [0.2, 0.25) is 5.91 Å². The van der Waals surface area contributed by atoms with E-state index in [9.17, 15) is 24.5 Å². The Kier molecular flexibility index (Phi) is 10.9. The number of nitrogens with zero attached hydrogens (tertiary/aromatic N) is 2. The number of aromatic nitrogens is 1. The van der Waals surface area contributed by atoms with Gasteiger partial charge >= 0.3 is 0 Å². The fourth-order valence-corrected chi connectivity index (χ4v) is 7.22. The topological polar surface area (TPSA) is 143 Å². The standard InChI is InChI=1S/C37H27N5O5S3/c43-34(25-12-5-2-6-13-25)39-31(22-29-18-9-19-48-29)35(44)38-27-15-8-17-30(21-27)50-33(24-10-3-1-4-11-24)36(45)41-37-40-32(23-49-37)26-14-7-16-28(20-26)42(46)47/h1-23,33H,(H,38,44)(H,39,43)(H,40,41,45)/b31-22-. The molecule has 4 aromatic carbocycles. The van der Waals surface area contributed by atoms with Gasteiger partial charge in [0.05, 0.1) is 10.6 Å². The minimum absolute atomic E-state index is 0.0493. The third kappa shape index (κ3) is 8.76. The monoisotopic (exact) mass is 717 g/mol. The third-order valence-electron chi connectivity index (χ3n) is 7.13. The molecule has 6 rings (SSSR count). The van der Waals surface area contributed by atoms with Crippen molar-refractivity contribution in [2.75, 3.05) is 10.6 Å². The molecule has 248 valence electrons. The molecule has 0 aliphatic rings. The summed E-state index contributed by atoms with van der Waals surface area (Å²) >= 11 is 3.94. The lowest BCUT2D eigenvalue weighted by Gasteiger charge is -2.17. The maximum Gasteiger partial charge on any atom is 0.272 e. The predicted octanol–water partition coefficient (Wildman–Crippen LogP) is 8.66. The molecule has 1 atom stereocenters. The molecular formula is C37H27N5O5S3. The first-order valence-corrected chi connectivity index (χ1v) is 17.7. The van der Waals surface area contributed by atoms with Crippen molar-refractivity contribution in [2.24, 2.45) is 0 Å². The van der Waals surface area contributed by atoms with Crippen molar-refractivity contribution >= 4 is 74.7 Å². The molecule has 3 N–H and O–H groups in total. The summed E-state index contributed by atoms with van der Waals surface area (Å²) in [6.45, 7) is 0. The van der Waals surface area contributed by atoms with Crippen LogP contribution in [0.1, 0.15) is 26.0 Å². The number of rotatable bonds is 12. The molecule has 3 amide bonds. The zero-order chi connectivity index (χ0) is 34.9. The highest BCUT2D eigenvalue weighted by molar-refractivity contribution is 8.00. The summed E-state index contributed by atoms with van der Waals surface area (Å²) in [6, 6.07) is 34.9. The van der Waals surface area contributed by atoms with Gasteiger partial charge in [0, 0.05) is 44.1 Å².